The summed E-state index contributed by atoms with van der Waals surface area (Å²) < 4.78 is 6.88. The van der Waals surface area contributed by atoms with E-state index in [0.29, 0.717) is 6.61 Å². The van der Waals surface area contributed by atoms with Gasteiger partial charge >= 0.3 is 0 Å². The van der Waals surface area contributed by atoms with E-state index in [0.717, 1.165) is 31.7 Å². The molecule has 0 unspecified atom stereocenters. The third-order valence-electron chi connectivity index (χ3n) is 3.14. The first-order valence-electron chi connectivity index (χ1n) is 5.94. The maximum atomic E-state index is 5.68. The zero-order chi connectivity index (χ0) is 12.3. The molecule has 1 aliphatic rings. The smallest absolute Gasteiger partial charge is 0.133 e. The van der Waals surface area contributed by atoms with Gasteiger partial charge in [0.25, 0.3) is 0 Å². The predicted molar refractivity (Wildman–Crippen MR) is 79.8 cm³/mol. The maximum absolute atomic E-state index is 5.68. The van der Waals surface area contributed by atoms with Gasteiger partial charge in [0.05, 0.1) is 3.57 Å². The average Bonchev–Trinajstić information content (AvgIpc) is 2.49. The van der Waals surface area contributed by atoms with Crippen molar-refractivity contribution in [2.75, 3.05) is 26.7 Å². The van der Waals surface area contributed by atoms with Crippen molar-refractivity contribution < 1.29 is 4.74 Å². The summed E-state index contributed by atoms with van der Waals surface area (Å²) in [6.07, 6.45) is 4.05. The molecular weight excluding hydrogens is 325 g/mol. The largest absolute Gasteiger partial charge is 0.488 e. The summed E-state index contributed by atoms with van der Waals surface area (Å²) >= 11 is 2.35. The standard InChI is InChI=1S/C14H18INO/c1-3-8-17-14-10-12-5-7-16(2)6-4-11(12)9-13(14)15/h3,9-10H,1,4-8H2,2H3. The predicted octanol–water partition coefficient (Wildman–Crippen LogP) is 2.89. The second kappa shape index (κ2) is 5.87. The van der Waals surface area contributed by atoms with Crippen LogP contribution in [-0.4, -0.2) is 31.6 Å². The van der Waals surface area contributed by atoms with Crippen LogP contribution in [0.3, 0.4) is 0 Å². The van der Waals surface area contributed by atoms with Gasteiger partial charge < -0.3 is 9.64 Å². The van der Waals surface area contributed by atoms with Gasteiger partial charge in [0.15, 0.2) is 0 Å². The van der Waals surface area contributed by atoms with Crippen LogP contribution in [0.4, 0.5) is 0 Å². The molecule has 1 aromatic rings. The van der Waals surface area contributed by atoms with Gasteiger partial charge in [-0.1, -0.05) is 12.7 Å². The summed E-state index contributed by atoms with van der Waals surface area (Å²) in [4.78, 5) is 2.39. The fraction of sp³-hybridized carbons (Fsp3) is 0.429. The Bertz CT molecular complexity index is 417. The van der Waals surface area contributed by atoms with Crippen molar-refractivity contribution in [3.63, 3.8) is 0 Å². The lowest BCUT2D eigenvalue weighted by molar-refractivity contribution is 0.352. The number of hydrogen-bond acceptors (Lipinski definition) is 2. The minimum absolute atomic E-state index is 0.578. The van der Waals surface area contributed by atoms with E-state index in [1.54, 1.807) is 6.08 Å². The monoisotopic (exact) mass is 343 g/mol. The number of ether oxygens (including phenoxy) is 1. The van der Waals surface area contributed by atoms with Gasteiger partial charge in [0.2, 0.25) is 0 Å². The van der Waals surface area contributed by atoms with E-state index in [1.807, 2.05) is 0 Å². The van der Waals surface area contributed by atoms with Crippen LogP contribution in [0.25, 0.3) is 0 Å². The number of likely N-dealkylation sites (N-methyl/N-ethyl adjacent to an activating group) is 1. The van der Waals surface area contributed by atoms with Gasteiger partial charge in [-0.3, -0.25) is 0 Å². The normalized spacial score (nSPS) is 16.1. The highest BCUT2D eigenvalue weighted by Gasteiger charge is 2.14. The Morgan fingerprint density at radius 3 is 2.65 bits per heavy atom. The molecule has 2 rings (SSSR count). The van der Waals surface area contributed by atoms with Crippen molar-refractivity contribution in [2.45, 2.75) is 12.8 Å². The Morgan fingerprint density at radius 1 is 1.35 bits per heavy atom. The minimum Gasteiger partial charge on any atom is -0.488 e. The van der Waals surface area contributed by atoms with Gasteiger partial charge in [-0.05, 0) is 65.7 Å². The van der Waals surface area contributed by atoms with Crippen LogP contribution in [-0.2, 0) is 12.8 Å². The molecule has 0 amide bonds. The zero-order valence-electron chi connectivity index (χ0n) is 10.2. The highest BCUT2D eigenvalue weighted by Crippen LogP contribution is 2.27. The Kier molecular flexibility index (Phi) is 4.45. The highest BCUT2D eigenvalue weighted by atomic mass is 127. The lowest BCUT2D eigenvalue weighted by Gasteiger charge is -2.11. The fourth-order valence-electron chi connectivity index (χ4n) is 2.10. The Labute approximate surface area is 117 Å². The third kappa shape index (κ3) is 3.22. The van der Waals surface area contributed by atoms with Crippen molar-refractivity contribution in [2.24, 2.45) is 0 Å². The molecule has 17 heavy (non-hydrogen) atoms. The van der Waals surface area contributed by atoms with Crippen molar-refractivity contribution >= 4 is 22.6 Å². The van der Waals surface area contributed by atoms with Gasteiger partial charge in [0.1, 0.15) is 12.4 Å². The first-order valence-corrected chi connectivity index (χ1v) is 7.02. The molecule has 0 aliphatic carbocycles. The zero-order valence-corrected chi connectivity index (χ0v) is 12.4. The minimum atomic E-state index is 0.578. The molecule has 0 radical (unpaired) electrons. The summed E-state index contributed by atoms with van der Waals surface area (Å²) in [6, 6.07) is 4.48. The molecule has 1 aromatic carbocycles. The molecule has 92 valence electrons. The molecule has 2 nitrogen and oxygen atoms in total. The highest BCUT2D eigenvalue weighted by molar-refractivity contribution is 14.1. The molecule has 0 spiro atoms. The number of halogens is 1. The van der Waals surface area contributed by atoms with Crippen molar-refractivity contribution in [1.29, 1.82) is 0 Å². The Balaban J connectivity index is 2.25. The Morgan fingerprint density at radius 2 is 2.00 bits per heavy atom. The van der Waals surface area contributed by atoms with E-state index in [4.69, 9.17) is 4.74 Å². The lowest BCUT2D eigenvalue weighted by atomic mass is 10.0. The molecule has 3 heteroatoms. The van der Waals surface area contributed by atoms with E-state index < -0.39 is 0 Å². The summed E-state index contributed by atoms with van der Waals surface area (Å²) in [5.41, 5.74) is 2.92. The maximum Gasteiger partial charge on any atom is 0.133 e. The van der Waals surface area contributed by atoms with E-state index in [9.17, 15) is 0 Å². The average molecular weight is 343 g/mol. The Hall–Kier alpha value is -0.550. The molecule has 1 aliphatic heterocycles. The molecule has 0 bridgehead atoms. The fourth-order valence-corrected chi connectivity index (χ4v) is 2.78. The van der Waals surface area contributed by atoms with E-state index in [2.05, 4.69) is 53.3 Å². The lowest BCUT2D eigenvalue weighted by Crippen LogP contribution is -2.20. The third-order valence-corrected chi connectivity index (χ3v) is 3.98. The van der Waals surface area contributed by atoms with E-state index >= 15 is 0 Å². The molecule has 0 fully saturated rings. The number of nitrogens with zero attached hydrogens (tertiary/aromatic N) is 1. The number of benzene rings is 1. The second-order valence-electron chi connectivity index (χ2n) is 4.45. The van der Waals surface area contributed by atoms with Crippen molar-refractivity contribution in [3.05, 3.63) is 39.5 Å². The van der Waals surface area contributed by atoms with Gasteiger partial charge in [-0.2, -0.15) is 0 Å². The summed E-state index contributed by atoms with van der Waals surface area (Å²) in [7, 11) is 2.19. The van der Waals surface area contributed by atoms with Gasteiger partial charge in [0, 0.05) is 13.1 Å². The van der Waals surface area contributed by atoms with Crippen LogP contribution in [0.15, 0.2) is 24.8 Å². The molecule has 0 saturated heterocycles. The van der Waals surface area contributed by atoms with Crippen molar-refractivity contribution in [3.8, 4) is 5.75 Å². The van der Waals surface area contributed by atoms with Crippen LogP contribution in [0, 0.1) is 3.57 Å². The van der Waals surface area contributed by atoms with Gasteiger partial charge in [-0.15, -0.1) is 0 Å². The first-order chi connectivity index (χ1) is 8.20. The molecule has 0 saturated carbocycles. The van der Waals surface area contributed by atoms with Crippen LogP contribution in [0.1, 0.15) is 11.1 Å². The molecule has 1 heterocycles. The number of rotatable bonds is 3. The van der Waals surface area contributed by atoms with E-state index in [-0.39, 0.29) is 0 Å². The molecule has 0 atom stereocenters. The number of hydrogen-bond donors (Lipinski definition) is 0. The first kappa shape index (κ1) is 12.9. The van der Waals surface area contributed by atoms with Crippen LogP contribution in [0.5, 0.6) is 5.75 Å². The van der Waals surface area contributed by atoms with Crippen LogP contribution >= 0.6 is 22.6 Å². The topological polar surface area (TPSA) is 12.5 Å². The molecule has 0 aromatic heterocycles. The van der Waals surface area contributed by atoms with Crippen molar-refractivity contribution in [1.82, 2.24) is 4.90 Å². The summed E-state index contributed by atoms with van der Waals surface area (Å²) in [5.74, 6) is 0.994. The summed E-state index contributed by atoms with van der Waals surface area (Å²) in [5, 5.41) is 0. The SMILES string of the molecule is C=CCOc1cc2c(cc1I)CCN(C)CC2. The quantitative estimate of drug-likeness (QED) is 0.618. The summed E-state index contributed by atoms with van der Waals surface area (Å²) in [6.45, 7) is 6.54. The van der Waals surface area contributed by atoms with Gasteiger partial charge in [-0.25, -0.2) is 0 Å². The number of fused-ring (bicyclic) bond motifs is 1. The van der Waals surface area contributed by atoms with E-state index in [1.165, 1.54) is 14.7 Å². The second-order valence-corrected chi connectivity index (χ2v) is 5.62. The molecule has 0 N–H and O–H groups in total. The molecular formula is C14H18INO. The van der Waals surface area contributed by atoms with Crippen LogP contribution < -0.4 is 4.74 Å². The van der Waals surface area contributed by atoms with Crippen LogP contribution in [0.2, 0.25) is 0 Å².